The number of benzene rings is 1. The molecule has 1 aromatic carbocycles. The Balaban J connectivity index is 1.75. The maximum atomic E-state index is 11.9. The summed E-state index contributed by atoms with van der Waals surface area (Å²) in [6, 6.07) is 7.65. The third-order valence-electron chi connectivity index (χ3n) is 3.89. The first-order chi connectivity index (χ1) is 11.0. The maximum absolute atomic E-state index is 11.9. The molecule has 0 bridgehead atoms. The lowest BCUT2D eigenvalue weighted by molar-refractivity contribution is -0.139. The molecule has 1 saturated carbocycles. The Morgan fingerprint density at radius 2 is 1.74 bits per heavy atom. The van der Waals surface area contributed by atoms with E-state index in [-0.39, 0.29) is 12.1 Å². The molecule has 0 aromatic heterocycles. The van der Waals surface area contributed by atoms with Gasteiger partial charge in [-0.15, -0.1) is 0 Å². The zero-order valence-corrected chi connectivity index (χ0v) is 13.9. The number of hydrogen-bond acceptors (Lipinski definition) is 3. The van der Waals surface area contributed by atoms with Gasteiger partial charge in [-0.2, -0.15) is 0 Å². The van der Waals surface area contributed by atoms with E-state index in [9.17, 15) is 9.59 Å². The van der Waals surface area contributed by atoms with Crippen LogP contribution in [0.2, 0.25) is 0 Å². The first-order valence-corrected chi connectivity index (χ1v) is 8.39. The molecular formula is C18H26N2O3. The lowest BCUT2D eigenvalue weighted by Gasteiger charge is -2.22. The molecule has 2 rings (SSSR count). The summed E-state index contributed by atoms with van der Waals surface area (Å²) in [5.74, 6) is -0.306. The van der Waals surface area contributed by atoms with Crippen LogP contribution < -0.4 is 15.4 Å². The highest BCUT2D eigenvalue weighted by Gasteiger charge is 2.20. The normalized spacial score (nSPS) is 15.3. The molecule has 5 nitrogen and oxygen atoms in total. The van der Waals surface area contributed by atoms with E-state index in [2.05, 4.69) is 10.6 Å². The van der Waals surface area contributed by atoms with Crippen LogP contribution in [0.25, 0.3) is 0 Å². The van der Waals surface area contributed by atoms with Crippen molar-refractivity contribution in [3.63, 3.8) is 0 Å². The minimum Gasteiger partial charge on any atom is -0.491 e. The molecule has 0 radical (unpaired) electrons. The lowest BCUT2D eigenvalue weighted by Crippen LogP contribution is -2.45. The first-order valence-electron chi connectivity index (χ1n) is 8.39. The summed E-state index contributed by atoms with van der Waals surface area (Å²) in [4.78, 5) is 23.7. The summed E-state index contributed by atoms with van der Waals surface area (Å²) in [5.41, 5.74) is 0.930. The van der Waals surface area contributed by atoms with Crippen molar-refractivity contribution in [1.82, 2.24) is 10.6 Å². The van der Waals surface area contributed by atoms with Gasteiger partial charge in [0.2, 0.25) is 0 Å². The third kappa shape index (κ3) is 5.93. The molecule has 0 spiro atoms. The van der Waals surface area contributed by atoms with Gasteiger partial charge in [-0.1, -0.05) is 31.4 Å². The van der Waals surface area contributed by atoms with Crippen molar-refractivity contribution >= 4 is 11.8 Å². The topological polar surface area (TPSA) is 67.4 Å². The van der Waals surface area contributed by atoms with Crippen LogP contribution in [-0.2, 0) is 16.1 Å². The fraction of sp³-hybridized carbons (Fsp3) is 0.556. The number of rotatable bonds is 5. The number of amides is 2. The van der Waals surface area contributed by atoms with Crippen molar-refractivity contribution in [3.05, 3.63) is 29.8 Å². The van der Waals surface area contributed by atoms with Crippen LogP contribution in [0.5, 0.6) is 5.75 Å². The van der Waals surface area contributed by atoms with Gasteiger partial charge < -0.3 is 15.4 Å². The molecule has 126 valence electrons. The van der Waals surface area contributed by atoms with Crippen LogP contribution in [0.15, 0.2) is 24.3 Å². The van der Waals surface area contributed by atoms with Crippen LogP contribution in [0, 0.1) is 0 Å². The Hall–Kier alpha value is -2.04. The molecule has 0 heterocycles. The molecule has 23 heavy (non-hydrogen) atoms. The molecule has 1 aliphatic rings. The summed E-state index contributed by atoms with van der Waals surface area (Å²) in [6.07, 6.45) is 5.53. The third-order valence-corrected chi connectivity index (χ3v) is 3.89. The van der Waals surface area contributed by atoms with E-state index in [0.29, 0.717) is 6.54 Å². The van der Waals surface area contributed by atoms with Gasteiger partial charge in [0.25, 0.3) is 0 Å². The van der Waals surface area contributed by atoms with Crippen molar-refractivity contribution in [2.45, 2.75) is 64.6 Å². The Morgan fingerprint density at radius 3 is 2.35 bits per heavy atom. The van der Waals surface area contributed by atoms with Crippen molar-refractivity contribution < 1.29 is 14.3 Å². The standard InChI is InChI=1S/C18H26N2O3/c1-13(2)23-16-10-8-14(9-11-16)12-19-17(21)18(22)20-15-6-4-3-5-7-15/h8-11,13,15H,3-7,12H2,1-2H3,(H,19,21)(H,20,22). The van der Waals surface area contributed by atoms with Crippen LogP contribution in [-0.4, -0.2) is 24.0 Å². The largest absolute Gasteiger partial charge is 0.491 e. The number of ether oxygens (including phenoxy) is 1. The fourth-order valence-electron chi connectivity index (χ4n) is 2.72. The lowest BCUT2D eigenvalue weighted by atomic mass is 9.95. The van der Waals surface area contributed by atoms with E-state index in [1.165, 1.54) is 6.42 Å². The number of nitrogens with one attached hydrogen (secondary N) is 2. The van der Waals surface area contributed by atoms with Gasteiger partial charge in [-0.05, 0) is 44.4 Å². The van der Waals surface area contributed by atoms with E-state index in [1.54, 1.807) is 0 Å². The average molecular weight is 318 g/mol. The van der Waals surface area contributed by atoms with Crippen LogP contribution in [0.4, 0.5) is 0 Å². The number of carbonyl (C=O) groups is 2. The molecule has 0 saturated heterocycles. The van der Waals surface area contributed by atoms with Gasteiger partial charge in [0.15, 0.2) is 0 Å². The second-order valence-electron chi connectivity index (χ2n) is 6.30. The van der Waals surface area contributed by atoms with Gasteiger partial charge >= 0.3 is 11.8 Å². The molecule has 0 aliphatic heterocycles. The zero-order chi connectivity index (χ0) is 16.7. The van der Waals surface area contributed by atoms with Crippen molar-refractivity contribution in [3.8, 4) is 5.75 Å². The molecular weight excluding hydrogens is 292 g/mol. The first kappa shape index (κ1) is 17.3. The second-order valence-corrected chi connectivity index (χ2v) is 6.30. The van der Waals surface area contributed by atoms with Gasteiger partial charge in [-0.25, -0.2) is 0 Å². The predicted octanol–water partition coefficient (Wildman–Crippen LogP) is 2.54. The fourth-order valence-corrected chi connectivity index (χ4v) is 2.72. The van der Waals surface area contributed by atoms with Gasteiger partial charge in [-0.3, -0.25) is 9.59 Å². The van der Waals surface area contributed by atoms with Gasteiger partial charge in [0, 0.05) is 12.6 Å². The van der Waals surface area contributed by atoms with Gasteiger partial charge in [0.1, 0.15) is 5.75 Å². The summed E-state index contributed by atoms with van der Waals surface area (Å²) in [5, 5.41) is 5.47. The monoisotopic (exact) mass is 318 g/mol. The maximum Gasteiger partial charge on any atom is 0.309 e. The van der Waals surface area contributed by atoms with E-state index in [0.717, 1.165) is 37.0 Å². The smallest absolute Gasteiger partial charge is 0.309 e. The summed E-state index contributed by atoms with van der Waals surface area (Å²) in [6.45, 7) is 4.27. The summed E-state index contributed by atoms with van der Waals surface area (Å²) >= 11 is 0. The Labute approximate surface area is 137 Å². The highest BCUT2D eigenvalue weighted by Crippen LogP contribution is 2.17. The molecule has 0 atom stereocenters. The molecule has 0 unspecified atom stereocenters. The SMILES string of the molecule is CC(C)Oc1ccc(CNC(=O)C(=O)NC2CCCCC2)cc1. The minimum absolute atomic E-state index is 0.129. The molecule has 2 amide bonds. The number of hydrogen-bond donors (Lipinski definition) is 2. The molecule has 5 heteroatoms. The molecule has 1 aromatic rings. The Bertz CT molecular complexity index is 520. The highest BCUT2D eigenvalue weighted by molar-refractivity contribution is 6.35. The minimum atomic E-state index is -0.571. The van der Waals surface area contributed by atoms with E-state index >= 15 is 0 Å². The quantitative estimate of drug-likeness (QED) is 0.820. The van der Waals surface area contributed by atoms with Crippen LogP contribution >= 0.6 is 0 Å². The van der Waals surface area contributed by atoms with Gasteiger partial charge in [0.05, 0.1) is 6.10 Å². The highest BCUT2D eigenvalue weighted by atomic mass is 16.5. The van der Waals surface area contributed by atoms with E-state index in [4.69, 9.17) is 4.74 Å². The van der Waals surface area contributed by atoms with E-state index < -0.39 is 11.8 Å². The van der Waals surface area contributed by atoms with Crippen molar-refractivity contribution in [2.24, 2.45) is 0 Å². The number of carbonyl (C=O) groups excluding carboxylic acids is 2. The Kier molecular flexibility index (Phi) is 6.44. The predicted molar refractivity (Wildman–Crippen MR) is 89.1 cm³/mol. The summed E-state index contributed by atoms with van der Waals surface area (Å²) < 4.78 is 5.57. The molecule has 2 N–H and O–H groups in total. The zero-order valence-electron chi connectivity index (χ0n) is 13.9. The molecule has 1 aliphatic carbocycles. The Morgan fingerprint density at radius 1 is 1.09 bits per heavy atom. The van der Waals surface area contributed by atoms with Crippen LogP contribution in [0.1, 0.15) is 51.5 Å². The molecule has 1 fully saturated rings. The van der Waals surface area contributed by atoms with Crippen molar-refractivity contribution in [1.29, 1.82) is 0 Å². The van der Waals surface area contributed by atoms with Crippen LogP contribution in [0.3, 0.4) is 0 Å². The van der Waals surface area contributed by atoms with Crippen molar-refractivity contribution in [2.75, 3.05) is 0 Å². The van der Waals surface area contributed by atoms with E-state index in [1.807, 2.05) is 38.1 Å². The average Bonchev–Trinajstić information content (AvgIpc) is 2.54. The second kappa shape index (κ2) is 8.56. The summed E-state index contributed by atoms with van der Waals surface area (Å²) in [7, 11) is 0.